The third-order valence-corrected chi connectivity index (χ3v) is 9.69. The summed E-state index contributed by atoms with van der Waals surface area (Å²) in [6, 6.07) is 33.0. The van der Waals surface area contributed by atoms with Crippen molar-refractivity contribution in [1.29, 1.82) is 0 Å². The Bertz CT molecular complexity index is 1900. The van der Waals surface area contributed by atoms with Gasteiger partial charge in [0.05, 0.1) is 33.1 Å². The largest absolute Gasteiger partial charge is 0.308 e. The van der Waals surface area contributed by atoms with Gasteiger partial charge in [-0.05, 0) is 89.8 Å². The van der Waals surface area contributed by atoms with Crippen molar-refractivity contribution in [2.24, 2.45) is 16.7 Å². The van der Waals surface area contributed by atoms with Gasteiger partial charge in [-0.25, -0.2) is 0 Å². The number of fused-ring (bicyclic) bond motifs is 6. The average Bonchev–Trinajstić information content (AvgIpc) is 3.53. The van der Waals surface area contributed by atoms with Crippen molar-refractivity contribution in [1.82, 2.24) is 19.1 Å². The molecule has 0 aliphatic heterocycles. The molecule has 3 aromatic carbocycles. The second-order valence-electron chi connectivity index (χ2n) is 14.3. The van der Waals surface area contributed by atoms with E-state index in [9.17, 15) is 0 Å². The quantitative estimate of drug-likeness (QED) is 0.189. The predicted molar refractivity (Wildman–Crippen MR) is 186 cm³/mol. The normalized spacial score (nSPS) is 13.4. The molecule has 44 heavy (non-hydrogen) atoms. The first-order valence-corrected chi connectivity index (χ1v) is 16.0. The van der Waals surface area contributed by atoms with Gasteiger partial charge in [-0.3, -0.25) is 9.97 Å². The number of nitrogens with zero attached hydrogens (tertiary/aromatic N) is 4. The van der Waals surface area contributed by atoms with Crippen LogP contribution >= 0.6 is 0 Å². The molecule has 4 aromatic heterocycles. The van der Waals surface area contributed by atoms with E-state index >= 15 is 0 Å². The molecule has 7 aromatic rings. The summed E-state index contributed by atoms with van der Waals surface area (Å²) in [5.41, 5.74) is 10.8. The molecule has 0 radical (unpaired) electrons. The summed E-state index contributed by atoms with van der Waals surface area (Å²) in [7, 11) is 0. The lowest BCUT2D eigenvalue weighted by Gasteiger charge is -2.38. The van der Waals surface area contributed by atoms with Crippen molar-refractivity contribution < 1.29 is 0 Å². The van der Waals surface area contributed by atoms with Crippen LogP contribution in [0.25, 0.3) is 55.2 Å². The summed E-state index contributed by atoms with van der Waals surface area (Å²) in [6.07, 6.45) is 7.14. The molecule has 4 heterocycles. The Morgan fingerprint density at radius 1 is 0.614 bits per heavy atom. The van der Waals surface area contributed by atoms with Crippen LogP contribution in [0.15, 0.2) is 103 Å². The van der Waals surface area contributed by atoms with Crippen LogP contribution < -0.4 is 0 Å². The number of hydrogen-bond acceptors (Lipinski definition) is 2. The number of rotatable bonds is 7. The Labute approximate surface area is 260 Å². The van der Waals surface area contributed by atoms with E-state index in [4.69, 9.17) is 9.97 Å². The van der Waals surface area contributed by atoms with Crippen LogP contribution in [0.4, 0.5) is 0 Å². The van der Waals surface area contributed by atoms with Gasteiger partial charge in [0, 0.05) is 34.5 Å². The molecule has 222 valence electrons. The first-order valence-electron chi connectivity index (χ1n) is 16.0. The molecule has 0 amide bonds. The zero-order valence-corrected chi connectivity index (χ0v) is 26.8. The fraction of sp³-hybridized carbons (Fsp3) is 0.300. The Morgan fingerprint density at radius 2 is 1.09 bits per heavy atom. The molecule has 0 N–H and O–H groups in total. The monoisotopic (exact) mass is 578 g/mol. The summed E-state index contributed by atoms with van der Waals surface area (Å²) < 4.78 is 4.81. The van der Waals surface area contributed by atoms with Crippen LogP contribution in [-0.4, -0.2) is 19.1 Å². The van der Waals surface area contributed by atoms with E-state index < -0.39 is 0 Å². The Balaban J connectivity index is 1.52. The molecule has 0 bridgehead atoms. The third kappa shape index (κ3) is 4.87. The van der Waals surface area contributed by atoms with E-state index in [-0.39, 0.29) is 10.8 Å². The van der Waals surface area contributed by atoms with Crippen LogP contribution in [0.5, 0.6) is 0 Å². The highest BCUT2D eigenvalue weighted by Crippen LogP contribution is 2.42. The molecule has 0 aliphatic rings. The van der Waals surface area contributed by atoms with Crippen LogP contribution in [0.3, 0.4) is 0 Å². The molecule has 0 fully saturated rings. The fourth-order valence-electron chi connectivity index (χ4n) is 7.09. The molecule has 0 saturated carbocycles. The van der Waals surface area contributed by atoms with Gasteiger partial charge >= 0.3 is 0 Å². The average molecular weight is 579 g/mol. The summed E-state index contributed by atoms with van der Waals surface area (Å²) >= 11 is 0. The van der Waals surface area contributed by atoms with Crippen molar-refractivity contribution in [2.75, 3.05) is 0 Å². The Morgan fingerprint density at radius 3 is 1.57 bits per heavy atom. The highest BCUT2D eigenvalue weighted by Gasteiger charge is 2.32. The SMILES string of the molecule is CCC(C)(C)C(Cc1cc(-n2c3ccccc3c3ncccc32)cc(-n2c3ccccc3c3ncccc32)c1)CC(C)(C)C. The fourth-order valence-corrected chi connectivity index (χ4v) is 7.09. The molecular weight excluding hydrogens is 536 g/mol. The van der Waals surface area contributed by atoms with E-state index in [1.165, 1.54) is 33.8 Å². The third-order valence-electron chi connectivity index (χ3n) is 9.69. The van der Waals surface area contributed by atoms with Crippen LogP contribution in [0.2, 0.25) is 0 Å². The summed E-state index contributed by atoms with van der Waals surface area (Å²) in [6.45, 7) is 14.4. The van der Waals surface area contributed by atoms with E-state index in [0.717, 1.165) is 46.3 Å². The first kappa shape index (κ1) is 28.3. The number of benzene rings is 3. The van der Waals surface area contributed by atoms with Gasteiger partial charge in [0.2, 0.25) is 0 Å². The lowest BCUT2D eigenvalue weighted by atomic mass is 9.67. The smallest absolute Gasteiger partial charge is 0.0963 e. The molecular formula is C40H42N4. The van der Waals surface area contributed by atoms with E-state index in [2.05, 4.69) is 130 Å². The molecule has 4 heteroatoms. The molecule has 7 rings (SSSR count). The van der Waals surface area contributed by atoms with Gasteiger partial charge in [0.1, 0.15) is 0 Å². The second-order valence-corrected chi connectivity index (χ2v) is 14.3. The lowest BCUT2D eigenvalue weighted by molar-refractivity contribution is 0.141. The topological polar surface area (TPSA) is 35.6 Å². The molecule has 0 saturated heterocycles. The Kier molecular flexibility index (Phi) is 6.84. The minimum atomic E-state index is 0.219. The summed E-state index contributed by atoms with van der Waals surface area (Å²) in [5, 5.41) is 2.35. The van der Waals surface area contributed by atoms with Gasteiger partial charge in [-0.2, -0.15) is 0 Å². The minimum Gasteiger partial charge on any atom is -0.308 e. The highest BCUT2D eigenvalue weighted by atomic mass is 15.0. The van der Waals surface area contributed by atoms with Crippen LogP contribution in [-0.2, 0) is 6.42 Å². The number of hydrogen-bond donors (Lipinski definition) is 0. The predicted octanol–water partition coefficient (Wildman–Crippen LogP) is 10.7. The summed E-state index contributed by atoms with van der Waals surface area (Å²) in [4.78, 5) is 9.66. The van der Waals surface area contributed by atoms with Crippen LogP contribution in [0, 0.1) is 16.7 Å². The molecule has 4 nitrogen and oxygen atoms in total. The zero-order valence-electron chi connectivity index (χ0n) is 26.8. The summed E-state index contributed by atoms with van der Waals surface area (Å²) in [5.74, 6) is 0.537. The lowest BCUT2D eigenvalue weighted by Crippen LogP contribution is -2.29. The standard InChI is InChI=1S/C40H42N4/c1-7-40(5,6)28(26-39(2,3)4)22-27-23-29(43-33-16-10-8-14-31(33)37-35(43)18-12-20-41-37)25-30(24-27)44-34-17-11-9-15-32(34)38-36(44)19-13-21-42-38/h8-21,23-25,28H,7,22,26H2,1-6H3. The van der Waals surface area contributed by atoms with Gasteiger partial charge in [0.25, 0.3) is 0 Å². The van der Waals surface area contributed by atoms with Crippen molar-refractivity contribution >= 4 is 43.9 Å². The van der Waals surface area contributed by atoms with E-state index in [1.807, 2.05) is 24.5 Å². The van der Waals surface area contributed by atoms with Gasteiger partial charge in [-0.1, -0.05) is 84.4 Å². The first-order chi connectivity index (χ1) is 21.1. The number of aromatic nitrogens is 4. The van der Waals surface area contributed by atoms with Gasteiger partial charge < -0.3 is 9.13 Å². The minimum absolute atomic E-state index is 0.219. The number of para-hydroxylation sites is 2. The van der Waals surface area contributed by atoms with E-state index in [0.29, 0.717) is 5.92 Å². The van der Waals surface area contributed by atoms with E-state index in [1.54, 1.807) is 0 Å². The molecule has 1 atom stereocenters. The van der Waals surface area contributed by atoms with Gasteiger partial charge in [0.15, 0.2) is 0 Å². The maximum Gasteiger partial charge on any atom is 0.0963 e. The van der Waals surface area contributed by atoms with Crippen LogP contribution in [0.1, 0.15) is 59.9 Å². The molecule has 1 unspecified atom stereocenters. The maximum atomic E-state index is 4.83. The van der Waals surface area contributed by atoms with Crippen molar-refractivity contribution in [3.8, 4) is 11.4 Å². The van der Waals surface area contributed by atoms with Crippen molar-refractivity contribution in [3.05, 3.63) is 109 Å². The maximum absolute atomic E-state index is 4.83. The van der Waals surface area contributed by atoms with Gasteiger partial charge in [-0.15, -0.1) is 0 Å². The zero-order chi connectivity index (χ0) is 30.6. The van der Waals surface area contributed by atoms with Crippen molar-refractivity contribution in [2.45, 2.75) is 60.8 Å². The number of pyridine rings is 2. The second kappa shape index (κ2) is 10.6. The highest BCUT2D eigenvalue weighted by molar-refractivity contribution is 6.08. The molecule has 0 aliphatic carbocycles. The Hall–Kier alpha value is -4.44. The molecule has 0 spiro atoms. The van der Waals surface area contributed by atoms with Crippen molar-refractivity contribution in [3.63, 3.8) is 0 Å².